The fourth-order valence-corrected chi connectivity index (χ4v) is 4.22. The molecule has 0 aromatic heterocycles. The molecule has 0 radical (unpaired) electrons. The summed E-state index contributed by atoms with van der Waals surface area (Å²) in [5.74, 6) is -0.923. The summed E-state index contributed by atoms with van der Waals surface area (Å²) in [5, 5.41) is -10.8. The van der Waals surface area contributed by atoms with Gasteiger partial charge in [0.05, 0.1) is 0 Å². The molecule has 30 heavy (non-hydrogen) atoms. The number of rotatable bonds is 8. The molecule has 0 aliphatic carbocycles. The van der Waals surface area contributed by atoms with Crippen molar-refractivity contribution in [2.75, 3.05) is 6.61 Å². The molecule has 0 N–H and O–H groups in total. The Morgan fingerprint density at radius 1 is 1.13 bits per heavy atom. The third kappa shape index (κ3) is 5.47. The van der Waals surface area contributed by atoms with E-state index in [0.29, 0.717) is 24.5 Å². The molecule has 0 saturated carbocycles. The zero-order valence-corrected chi connectivity index (χ0v) is 17.2. The number of benzene rings is 1. The molecule has 1 heterocycles. The van der Waals surface area contributed by atoms with Crippen molar-refractivity contribution >= 4 is 22.6 Å². The van der Waals surface area contributed by atoms with Crippen LogP contribution in [-0.4, -0.2) is 38.2 Å². The van der Waals surface area contributed by atoms with Crippen LogP contribution in [-0.2, 0) is 15.7 Å². The number of nitrogens with zero attached hydrogens (tertiary/aromatic N) is 1. The number of hydrogen-bond acceptors (Lipinski definition) is 2. The molecular weight excluding hydrogens is 463 g/mol. The molecule has 0 amide bonds. The van der Waals surface area contributed by atoms with Crippen LogP contribution in [0.5, 0.6) is 0 Å². The molecule has 0 bridgehead atoms. The van der Waals surface area contributed by atoms with Crippen LogP contribution in [0.15, 0.2) is 42.1 Å². The van der Waals surface area contributed by atoms with Crippen LogP contribution in [0.4, 0.5) is 30.7 Å². The highest BCUT2D eigenvalue weighted by Gasteiger charge is 2.64. The number of allylic oxidation sites excluding steroid dienone is 2. The normalized spacial score (nSPS) is 22.0. The van der Waals surface area contributed by atoms with Gasteiger partial charge < -0.3 is 4.74 Å². The van der Waals surface area contributed by atoms with E-state index in [1.807, 2.05) is 0 Å². The number of hydrogen-bond donors (Lipinski definition) is 0. The van der Waals surface area contributed by atoms with E-state index in [9.17, 15) is 34.9 Å². The van der Waals surface area contributed by atoms with Gasteiger partial charge in [-0.25, -0.2) is 4.21 Å². The minimum atomic E-state index is -5.47. The summed E-state index contributed by atoms with van der Waals surface area (Å²) in [5.41, 5.74) is -1.31. The van der Waals surface area contributed by atoms with E-state index in [1.54, 1.807) is 25.1 Å². The SMILES string of the molecule is CCCCO[C@H]1C[C@@H](c2ccccc2)C=C(C(F)(F)F)N1S(=O)C(F)(F)C(F)(F)Cl. The van der Waals surface area contributed by atoms with Crippen molar-refractivity contribution in [3.63, 3.8) is 0 Å². The molecule has 12 heteroatoms. The second kappa shape index (κ2) is 9.44. The molecule has 0 saturated heterocycles. The highest BCUT2D eigenvalue weighted by Crippen LogP contribution is 2.47. The summed E-state index contributed by atoms with van der Waals surface area (Å²) in [6, 6.07) is 7.87. The Bertz CT molecular complexity index is 768. The van der Waals surface area contributed by atoms with Gasteiger partial charge in [-0.3, -0.25) is 4.31 Å². The van der Waals surface area contributed by atoms with Gasteiger partial charge in [-0.15, -0.1) is 0 Å². The van der Waals surface area contributed by atoms with Crippen molar-refractivity contribution in [2.24, 2.45) is 0 Å². The van der Waals surface area contributed by atoms with Gasteiger partial charge >= 0.3 is 16.8 Å². The second-order valence-electron chi connectivity index (χ2n) is 6.57. The smallest absolute Gasteiger partial charge is 0.357 e. The Morgan fingerprint density at radius 3 is 2.23 bits per heavy atom. The zero-order chi connectivity index (χ0) is 22.7. The molecule has 0 spiro atoms. The van der Waals surface area contributed by atoms with Crippen LogP contribution in [0, 0.1) is 0 Å². The lowest BCUT2D eigenvalue weighted by Gasteiger charge is -2.41. The topological polar surface area (TPSA) is 29.5 Å². The van der Waals surface area contributed by atoms with E-state index in [4.69, 9.17) is 4.74 Å². The summed E-state index contributed by atoms with van der Waals surface area (Å²) in [4.78, 5) is 0. The number of halogens is 8. The van der Waals surface area contributed by atoms with Gasteiger partial charge in [-0.2, -0.15) is 30.7 Å². The predicted octanol–water partition coefficient (Wildman–Crippen LogP) is 6.15. The molecule has 170 valence electrons. The first-order valence-electron chi connectivity index (χ1n) is 8.92. The summed E-state index contributed by atoms with van der Waals surface area (Å²) in [6.07, 6.45) is -5.80. The van der Waals surface area contributed by atoms with Crippen molar-refractivity contribution in [2.45, 2.75) is 55.1 Å². The average Bonchev–Trinajstić information content (AvgIpc) is 2.66. The highest BCUT2D eigenvalue weighted by atomic mass is 35.5. The molecule has 3 nitrogen and oxygen atoms in total. The van der Waals surface area contributed by atoms with E-state index in [2.05, 4.69) is 11.6 Å². The first-order valence-corrected chi connectivity index (χ1v) is 10.4. The summed E-state index contributed by atoms with van der Waals surface area (Å²) in [7, 11) is -4.16. The summed E-state index contributed by atoms with van der Waals surface area (Å²) in [6.45, 7) is 1.63. The van der Waals surface area contributed by atoms with Crippen LogP contribution < -0.4 is 0 Å². The summed E-state index contributed by atoms with van der Waals surface area (Å²) >= 11 is 4.36. The first-order chi connectivity index (χ1) is 13.8. The fraction of sp³-hybridized carbons (Fsp3) is 0.556. The first kappa shape index (κ1) is 24.9. The molecule has 3 atom stereocenters. The van der Waals surface area contributed by atoms with Crippen molar-refractivity contribution < 1.29 is 39.7 Å². The maximum absolute atomic E-state index is 14.0. The maximum atomic E-state index is 14.0. The Labute approximate surface area is 176 Å². The minimum Gasteiger partial charge on any atom is -0.357 e. The van der Waals surface area contributed by atoms with Crippen molar-refractivity contribution in [3.05, 3.63) is 47.7 Å². The fourth-order valence-electron chi connectivity index (χ4n) is 2.87. The molecule has 2 rings (SSSR count). The third-order valence-electron chi connectivity index (χ3n) is 4.37. The Morgan fingerprint density at radius 2 is 1.73 bits per heavy atom. The van der Waals surface area contributed by atoms with Crippen LogP contribution in [0.1, 0.15) is 37.7 Å². The summed E-state index contributed by atoms with van der Waals surface area (Å²) < 4.78 is 113. The lowest BCUT2D eigenvalue weighted by Crippen LogP contribution is -2.54. The number of alkyl halides is 8. The Balaban J connectivity index is 2.56. The maximum Gasteiger partial charge on any atom is 0.431 e. The zero-order valence-electron chi connectivity index (χ0n) is 15.6. The molecule has 1 aliphatic rings. The van der Waals surface area contributed by atoms with Gasteiger partial charge in [0.1, 0.15) is 11.9 Å². The second-order valence-corrected chi connectivity index (χ2v) is 8.45. The van der Waals surface area contributed by atoms with Crippen molar-refractivity contribution in [1.82, 2.24) is 4.31 Å². The van der Waals surface area contributed by atoms with Gasteiger partial charge in [0, 0.05) is 18.9 Å². The Kier molecular flexibility index (Phi) is 7.84. The van der Waals surface area contributed by atoms with E-state index >= 15 is 0 Å². The lowest BCUT2D eigenvalue weighted by atomic mass is 9.91. The van der Waals surface area contributed by atoms with Crippen molar-refractivity contribution in [3.8, 4) is 0 Å². The van der Waals surface area contributed by atoms with Crippen molar-refractivity contribution in [1.29, 1.82) is 0 Å². The lowest BCUT2D eigenvalue weighted by molar-refractivity contribution is -0.132. The standard InChI is InChI=1S/C18H19ClF7NO2S/c1-2-3-9-29-15-11-13(12-7-5-4-6-8-12)10-14(16(20,21)22)27(15)30(28)18(25,26)17(19,23)24/h4-8,10,13,15H,2-3,9,11H2,1H3/t13-,15-,30?/m0/s1. The quantitative estimate of drug-likeness (QED) is 0.253. The van der Waals surface area contributed by atoms with E-state index in [0.717, 1.165) is 0 Å². The highest BCUT2D eigenvalue weighted by molar-refractivity contribution is 7.84. The third-order valence-corrected chi connectivity index (χ3v) is 6.20. The molecule has 0 fully saturated rings. The number of ether oxygens (including phenoxy) is 1. The van der Waals surface area contributed by atoms with Crippen LogP contribution in [0.25, 0.3) is 0 Å². The van der Waals surface area contributed by atoms with Gasteiger partial charge in [0.2, 0.25) is 11.0 Å². The molecule has 1 aromatic carbocycles. The number of unbranched alkanes of at least 4 members (excludes halogenated alkanes) is 1. The van der Waals surface area contributed by atoms with Crippen LogP contribution >= 0.6 is 11.6 Å². The molecule has 1 aliphatic heterocycles. The van der Waals surface area contributed by atoms with Gasteiger partial charge in [-0.1, -0.05) is 43.7 Å². The molecular formula is C18H19ClF7NO2S. The van der Waals surface area contributed by atoms with Crippen LogP contribution in [0.2, 0.25) is 0 Å². The largest absolute Gasteiger partial charge is 0.431 e. The van der Waals surface area contributed by atoms with Gasteiger partial charge in [0.15, 0.2) is 0 Å². The van der Waals surface area contributed by atoms with Gasteiger partial charge in [0.25, 0.3) is 0 Å². The monoisotopic (exact) mass is 481 g/mol. The predicted molar refractivity (Wildman–Crippen MR) is 98.3 cm³/mol. The van der Waals surface area contributed by atoms with E-state index in [1.165, 1.54) is 12.1 Å². The molecule has 1 unspecified atom stereocenters. The van der Waals surface area contributed by atoms with Crippen LogP contribution in [0.3, 0.4) is 0 Å². The van der Waals surface area contributed by atoms with E-state index in [-0.39, 0.29) is 17.3 Å². The van der Waals surface area contributed by atoms with Gasteiger partial charge in [-0.05, 0) is 29.7 Å². The Hall–Kier alpha value is -1.33. The minimum absolute atomic E-state index is 0.135. The van der Waals surface area contributed by atoms with E-state index < -0.39 is 45.6 Å². The average molecular weight is 482 g/mol. The molecule has 1 aromatic rings.